The van der Waals surface area contributed by atoms with Crippen LogP contribution >= 0.6 is 11.6 Å². The first-order chi connectivity index (χ1) is 9.17. The van der Waals surface area contributed by atoms with E-state index in [1.165, 1.54) is 18.4 Å². The van der Waals surface area contributed by atoms with Crippen molar-refractivity contribution < 1.29 is 4.74 Å². The molecular weight excluding hydrogens is 256 g/mol. The first-order valence-corrected chi connectivity index (χ1v) is 7.49. The average Bonchev–Trinajstić information content (AvgIpc) is 2.38. The van der Waals surface area contributed by atoms with Crippen molar-refractivity contribution in [1.82, 2.24) is 0 Å². The second kappa shape index (κ2) is 8.88. The summed E-state index contributed by atoms with van der Waals surface area (Å²) >= 11 is 5.64. The predicted molar refractivity (Wildman–Crippen MR) is 83.0 cm³/mol. The SMILES string of the molecule is CCCC(C)COc1ccc(C)cc1C#CCCCl. The Balaban J connectivity index is 2.74. The Bertz CT molecular complexity index is 442. The lowest BCUT2D eigenvalue weighted by molar-refractivity contribution is 0.251. The van der Waals surface area contributed by atoms with Gasteiger partial charge in [0.1, 0.15) is 5.75 Å². The van der Waals surface area contributed by atoms with Gasteiger partial charge in [-0.2, -0.15) is 0 Å². The number of rotatable bonds is 6. The molecule has 1 aromatic rings. The Kier molecular flexibility index (Phi) is 7.45. The van der Waals surface area contributed by atoms with Gasteiger partial charge >= 0.3 is 0 Å². The third-order valence-electron chi connectivity index (χ3n) is 2.88. The van der Waals surface area contributed by atoms with Crippen molar-refractivity contribution in [2.75, 3.05) is 12.5 Å². The first kappa shape index (κ1) is 15.9. The first-order valence-electron chi connectivity index (χ1n) is 6.95. The highest BCUT2D eigenvalue weighted by Gasteiger charge is 2.05. The molecule has 0 heterocycles. The molecule has 0 aliphatic carbocycles. The zero-order chi connectivity index (χ0) is 14.1. The van der Waals surface area contributed by atoms with Crippen molar-refractivity contribution in [3.63, 3.8) is 0 Å². The van der Waals surface area contributed by atoms with Gasteiger partial charge in [0.25, 0.3) is 0 Å². The molecule has 0 fully saturated rings. The van der Waals surface area contributed by atoms with E-state index in [1.807, 2.05) is 6.07 Å². The number of aryl methyl sites for hydroxylation is 1. The second-order valence-electron chi connectivity index (χ2n) is 4.95. The Morgan fingerprint density at radius 2 is 2.16 bits per heavy atom. The molecule has 0 amide bonds. The molecule has 1 nitrogen and oxygen atoms in total. The zero-order valence-electron chi connectivity index (χ0n) is 12.1. The minimum Gasteiger partial charge on any atom is -0.492 e. The van der Waals surface area contributed by atoms with Crippen LogP contribution in [0.3, 0.4) is 0 Å². The molecule has 0 aromatic heterocycles. The van der Waals surface area contributed by atoms with E-state index in [1.54, 1.807) is 0 Å². The highest BCUT2D eigenvalue weighted by molar-refractivity contribution is 6.18. The van der Waals surface area contributed by atoms with E-state index in [-0.39, 0.29) is 0 Å². The van der Waals surface area contributed by atoms with Crippen LogP contribution in [0.5, 0.6) is 5.75 Å². The van der Waals surface area contributed by atoms with E-state index >= 15 is 0 Å². The van der Waals surface area contributed by atoms with Crippen molar-refractivity contribution >= 4 is 11.6 Å². The summed E-state index contributed by atoms with van der Waals surface area (Å²) in [6.45, 7) is 7.24. The molecule has 1 atom stereocenters. The van der Waals surface area contributed by atoms with Gasteiger partial charge in [0.05, 0.1) is 12.2 Å². The van der Waals surface area contributed by atoms with E-state index < -0.39 is 0 Å². The highest BCUT2D eigenvalue weighted by atomic mass is 35.5. The van der Waals surface area contributed by atoms with Gasteiger partial charge in [0.15, 0.2) is 0 Å². The van der Waals surface area contributed by atoms with Crippen LogP contribution in [0.4, 0.5) is 0 Å². The molecule has 0 bridgehead atoms. The zero-order valence-corrected chi connectivity index (χ0v) is 12.9. The molecule has 0 aliphatic heterocycles. The lowest BCUT2D eigenvalue weighted by Gasteiger charge is -2.13. The van der Waals surface area contributed by atoms with Gasteiger partial charge in [-0.05, 0) is 37.0 Å². The van der Waals surface area contributed by atoms with Crippen LogP contribution in [0.25, 0.3) is 0 Å². The van der Waals surface area contributed by atoms with E-state index in [4.69, 9.17) is 16.3 Å². The minimum atomic E-state index is 0.572. The summed E-state index contributed by atoms with van der Waals surface area (Å²) in [6.07, 6.45) is 3.10. The molecule has 0 radical (unpaired) electrons. The molecule has 0 aliphatic rings. The summed E-state index contributed by atoms with van der Waals surface area (Å²) in [4.78, 5) is 0. The third kappa shape index (κ3) is 6.03. The Hall–Kier alpha value is -1.13. The van der Waals surface area contributed by atoms with E-state index in [2.05, 4.69) is 44.7 Å². The van der Waals surface area contributed by atoms with Crippen molar-refractivity contribution in [3.8, 4) is 17.6 Å². The fourth-order valence-corrected chi connectivity index (χ4v) is 1.98. The maximum absolute atomic E-state index is 5.90. The van der Waals surface area contributed by atoms with Crippen LogP contribution in [-0.4, -0.2) is 12.5 Å². The highest BCUT2D eigenvalue weighted by Crippen LogP contribution is 2.20. The van der Waals surface area contributed by atoms with Gasteiger partial charge in [-0.3, -0.25) is 0 Å². The minimum absolute atomic E-state index is 0.572. The fourth-order valence-electron chi connectivity index (χ4n) is 1.88. The summed E-state index contributed by atoms with van der Waals surface area (Å²) in [5, 5.41) is 0. The van der Waals surface area contributed by atoms with Crippen molar-refractivity contribution in [1.29, 1.82) is 0 Å². The summed E-state index contributed by atoms with van der Waals surface area (Å²) < 4.78 is 5.90. The Morgan fingerprint density at radius 3 is 2.84 bits per heavy atom. The normalized spacial score (nSPS) is 11.6. The van der Waals surface area contributed by atoms with Crippen molar-refractivity contribution in [3.05, 3.63) is 29.3 Å². The predicted octanol–water partition coefficient (Wildman–Crippen LogP) is 4.79. The molecule has 0 N–H and O–H groups in total. The largest absolute Gasteiger partial charge is 0.492 e. The molecule has 19 heavy (non-hydrogen) atoms. The van der Waals surface area contributed by atoms with Crippen LogP contribution in [0.1, 0.15) is 44.2 Å². The van der Waals surface area contributed by atoms with Crippen LogP contribution < -0.4 is 4.74 Å². The van der Waals surface area contributed by atoms with Crippen LogP contribution in [0.15, 0.2) is 18.2 Å². The van der Waals surface area contributed by atoms with Crippen LogP contribution in [0, 0.1) is 24.7 Å². The topological polar surface area (TPSA) is 9.23 Å². The second-order valence-corrected chi connectivity index (χ2v) is 5.32. The monoisotopic (exact) mass is 278 g/mol. The molecule has 0 saturated carbocycles. The maximum Gasteiger partial charge on any atom is 0.134 e. The number of ether oxygens (including phenoxy) is 1. The summed E-state index contributed by atoms with van der Waals surface area (Å²) in [6, 6.07) is 6.15. The summed E-state index contributed by atoms with van der Waals surface area (Å²) in [7, 11) is 0. The van der Waals surface area contributed by atoms with Gasteiger partial charge in [0, 0.05) is 12.3 Å². The molecule has 0 spiro atoms. The smallest absolute Gasteiger partial charge is 0.134 e. The number of benzene rings is 1. The number of halogens is 1. The average molecular weight is 279 g/mol. The van der Waals surface area contributed by atoms with Crippen molar-refractivity contribution in [2.24, 2.45) is 5.92 Å². The van der Waals surface area contributed by atoms with Gasteiger partial charge in [0.2, 0.25) is 0 Å². The fraction of sp³-hybridized carbons (Fsp3) is 0.529. The van der Waals surface area contributed by atoms with E-state index in [9.17, 15) is 0 Å². The Morgan fingerprint density at radius 1 is 1.37 bits per heavy atom. The van der Waals surface area contributed by atoms with Gasteiger partial charge in [-0.1, -0.05) is 38.2 Å². The summed E-state index contributed by atoms with van der Waals surface area (Å²) in [5.41, 5.74) is 2.16. The molecule has 1 aromatic carbocycles. The Labute approximate surface area is 122 Å². The molecular formula is C17H23ClO. The molecule has 104 valence electrons. The van der Waals surface area contributed by atoms with Crippen LogP contribution in [-0.2, 0) is 0 Å². The summed E-state index contributed by atoms with van der Waals surface area (Å²) in [5.74, 6) is 8.26. The van der Waals surface area contributed by atoms with Gasteiger partial charge < -0.3 is 4.74 Å². The lowest BCUT2D eigenvalue weighted by Crippen LogP contribution is -2.09. The number of hydrogen-bond donors (Lipinski definition) is 0. The maximum atomic E-state index is 5.90. The number of hydrogen-bond acceptors (Lipinski definition) is 1. The number of alkyl halides is 1. The molecule has 1 unspecified atom stereocenters. The molecule has 2 heteroatoms. The standard InChI is InChI=1S/C17H23ClO/c1-4-7-15(3)13-19-17-10-9-14(2)12-16(17)8-5-6-11-18/h9-10,12,15H,4,6-7,11,13H2,1-3H3. The van der Waals surface area contributed by atoms with Crippen LogP contribution in [0.2, 0.25) is 0 Å². The van der Waals surface area contributed by atoms with Crippen molar-refractivity contribution in [2.45, 2.75) is 40.0 Å². The molecule has 1 rings (SSSR count). The van der Waals surface area contributed by atoms with Gasteiger partial charge in [-0.25, -0.2) is 0 Å². The van der Waals surface area contributed by atoms with E-state index in [0.717, 1.165) is 17.9 Å². The van der Waals surface area contributed by atoms with E-state index in [0.29, 0.717) is 18.2 Å². The third-order valence-corrected chi connectivity index (χ3v) is 3.07. The van der Waals surface area contributed by atoms with Gasteiger partial charge in [-0.15, -0.1) is 11.6 Å². The quantitative estimate of drug-likeness (QED) is 0.537. The molecule has 0 saturated heterocycles. The lowest BCUT2D eigenvalue weighted by atomic mass is 10.1.